The number of piperazine rings is 1. The number of fused-ring (bicyclic) bond motifs is 1. The lowest BCUT2D eigenvalue weighted by Crippen LogP contribution is -2.53. The van der Waals surface area contributed by atoms with Gasteiger partial charge in [0.05, 0.1) is 23.2 Å². The van der Waals surface area contributed by atoms with Crippen molar-refractivity contribution < 1.29 is 17.6 Å². The van der Waals surface area contributed by atoms with Crippen molar-refractivity contribution in [3.63, 3.8) is 0 Å². The van der Waals surface area contributed by atoms with Crippen molar-refractivity contribution in [1.82, 2.24) is 19.4 Å². The van der Waals surface area contributed by atoms with Gasteiger partial charge in [0.15, 0.2) is 9.84 Å². The summed E-state index contributed by atoms with van der Waals surface area (Å²) in [5, 5.41) is 2.25. The largest absolute Gasteiger partial charge is 0.339 e. The second-order valence-electron chi connectivity index (χ2n) is 8.49. The minimum atomic E-state index is -2.94. The van der Waals surface area contributed by atoms with Crippen LogP contribution in [0.25, 0.3) is 21.3 Å². The zero-order chi connectivity index (χ0) is 23.2. The van der Waals surface area contributed by atoms with Gasteiger partial charge in [-0.1, -0.05) is 12.1 Å². The molecule has 2 aliphatic heterocycles. The Morgan fingerprint density at radius 3 is 2.55 bits per heavy atom. The zero-order valence-corrected chi connectivity index (χ0v) is 19.4. The maximum Gasteiger partial charge on any atom is 0.263 e. The second-order valence-corrected chi connectivity index (χ2v) is 11.6. The summed E-state index contributed by atoms with van der Waals surface area (Å²) in [7, 11) is -2.94. The lowest BCUT2D eigenvalue weighted by Gasteiger charge is -2.37. The van der Waals surface area contributed by atoms with Crippen molar-refractivity contribution >= 4 is 37.3 Å². The van der Waals surface area contributed by atoms with Gasteiger partial charge in [0.2, 0.25) is 5.91 Å². The summed E-state index contributed by atoms with van der Waals surface area (Å²) in [6.07, 6.45) is 2.04. The Labute approximate surface area is 194 Å². The number of rotatable bonds is 4. The van der Waals surface area contributed by atoms with E-state index < -0.39 is 9.84 Å². The first-order chi connectivity index (χ1) is 15.8. The number of hydrogen-bond acceptors (Lipinski definition) is 7. The fourth-order valence-electron chi connectivity index (χ4n) is 4.57. The minimum absolute atomic E-state index is 0.0324. The fourth-order valence-corrected chi connectivity index (χ4v) is 7.24. The summed E-state index contributed by atoms with van der Waals surface area (Å²) in [5.41, 5.74) is 1.09. The average molecular weight is 491 g/mol. The lowest BCUT2D eigenvalue weighted by atomic mass is 10.1. The number of sulfone groups is 1. The summed E-state index contributed by atoms with van der Waals surface area (Å²) in [4.78, 5) is 34.9. The first-order valence-corrected chi connectivity index (χ1v) is 13.5. The van der Waals surface area contributed by atoms with Crippen LogP contribution < -0.4 is 5.56 Å². The maximum absolute atomic E-state index is 13.3. The van der Waals surface area contributed by atoms with E-state index in [-0.39, 0.29) is 41.4 Å². The molecule has 2 aromatic heterocycles. The molecule has 0 radical (unpaired) electrons. The van der Waals surface area contributed by atoms with E-state index in [1.54, 1.807) is 17.0 Å². The Kier molecular flexibility index (Phi) is 5.79. The topological polar surface area (TPSA) is 92.6 Å². The molecule has 0 aliphatic carbocycles. The van der Waals surface area contributed by atoms with Crippen molar-refractivity contribution in [2.24, 2.45) is 0 Å². The van der Waals surface area contributed by atoms with E-state index >= 15 is 0 Å². The van der Waals surface area contributed by atoms with Gasteiger partial charge in [0, 0.05) is 43.2 Å². The molecule has 2 fully saturated rings. The van der Waals surface area contributed by atoms with Gasteiger partial charge in [-0.15, -0.1) is 11.3 Å². The van der Waals surface area contributed by atoms with Crippen LogP contribution in [0.15, 0.2) is 40.8 Å². The van der Waals surface area contributed by atoms with Crippen LogP contribution in [0.5, 0.6) is 0 Å². The quantitative estimate of drug-likeness (QED) is 0.552. The van der Waals surface area contributed by atoms with Crippen molar-refractivity contribution in [3.8, 4) is 11.1 Å². The van der Waals surface area contributed by atoms with Crippen LogP contribution in [0, 0.1) is 5.82 Å². The predicted octanol–water partition coefficient (Wildman–Crippen LogP) is 1.60. The zero-order valence-electron chi connectivity index (χ0n) is 17.8. The molecule has 0 spiro atoms. The average Bonchev–Trinajstić information content (AvgIpc) is 3.40. The third-order valence-corrected chi connectivity index (χ3v) is 9.05. The van der Waals surface area contributed by atoms with Gasteiger partial charge in [0.25, 0.3) is 5.56 Å². The predicted molar refractivity (Wildman–Crippen MR) is 124 cm³/mol. The monoisotopic (exact) mass is 490 g/mol. The van der Waals surface area contributed by atoms with Gasteiger partial charge in [-0.2, -0.15) is 0 Å². The molecule has 33 heavy (non-hydrogen) atoms. The van der Waals surface area contributed by atoms with Crippen LogP contribution in [0.3, 0.4) is 0 Å². The SMILES string of the molecule is O=C(Cn1cnc2scc(-c3ccc(F)cc3)c2c1=O)N1CCN(C2CCS(=O)(=O)C2)CC1. The van der Waals surface area contributed by atoms with E-state index in [0.717, 1.165) is 5.56 Å². The van der Waals surface area contributed by atoms with Crippen molar-refractivity contribution in [1.29, 1.82) is 0 Å². The van der Waals surface area contributed by atoms with E-state index in [0.29, 0.717) is 48.4 Å². The molecule has 5 rings (SSSR count). The molecule has 1 aromatic carbocycles. The van der Waals surface area contributed by atoms with Gasteiger partial charge in [-0.25, -0.2) is 17.8 Å². The molecule has 0 bridgehead atoms. The van der Waals surface area contributed by atoms with E-state index in [1.165, 1.54) is 34.4 Å². The Bertz CT molecular complexity index is 1360. The number of benzene rings is 1. The Morgan fingerprint density at radius 2 is 1.88 bits per heavy atom. The van der Waals surface area contributed by atoms with E-state index in [1.807, 2.05) is 5.38 Å². The molecule has 3 aromatic rings. The standard InChI is InChI=1S/C22H23FN4O4S2/c23-16-3-1-15(2-4-16)18-12-32-21-20(18)22(29)27(14-24-21)11-19(28)26-8-6-25(7-9-26)17-5-10-33(30,31)13-17/h1-4,12,14,17H,5-11,13H2. The van der Waals surface area contributed by atoms with E-state index in [9.17, 15) is 22.4 Å². The lowest BCUT2D eigenvalue weighted by molar-refractivity contribution is -0.133. The highest BCUT2D eigenvalue weighted by Crippen LogP contribution is 2.30. The summed E-state index contributed by atoms with van der Waals surface area (Å²) in [6, 6.07) is 5.96. The first-order valence-electron chi connectivity index (χ1n) is 10.8. The molecular weight excluding hydrogens is 467 g/mol. The first kappa shape index (κ1) is 22.2. The van der Waals surface area contributed by atoms with Crippen molar-refractivity contribution in [2.75, 3.05) is 37.7 Å². The van der Waals surface area contributed by atoms with Gasteiger partial charge in [0.1, 0.15) is 17.2 Å². The van der Waals surface area contributed by atoms with Crippen molar-refractivity contribution in [2.45, 2.75) is 19.0 Å². The van der Waals surface area contributed by atoms with Gasteiger partial charge in [-0.3, -0.25) is 19.1 Å². The van der Waals surface area contributed by atoms with Gasteiger partial charge in [-0.05, 0) is 24.1 Å². The number of carbonyl (C=O) groups excluding carboxylic acids is 1. The normalized spacial score (nSPS) is 21.0. The fraction of sp³-hybridized carbons (Fsp3) is 0.409. The maximum atomic E-state index is 13.3. The number of hydrogen-bond donors (Lipinski definition) is 0. The van der Waals surface area contributed by atoms with Crippen LogP contribution in [0.2, 0.25) is 0 Å². The number of thiophene rings is 1. The van der Waals surface area contributed by atoms with Crippen LogP contribution in [0.4, 0.5) is 4.39 Å². The Morgan fingerprint density at radius 1 is 1.15 bits per heavy atom. The molecule has 11 heteroatoms. The molecule has 1 amide bonds. The highest BCUT2D eigenvalue weighted by Gasteiger charge is 2.34. The Balaban J connectivity index is 1.30. The number of nitrogens with zero attached hydrogens (tertiary/aromatic N) is 4. The second kappa shape index (κ2) is 8.62. The summed E-state index contributed by atoms with van der Waals surface area (Å²) >= 11 is 1.33. The Hall–Kier alpha value is -2.63. The summed E-state index contributed by atoms with van der Waals surface area (Å²) in [6.45, 7) is 2.13. The molecule has 2 saturated heterocycles. The van der Waals surface area contributed by atoms with Gasteiger partial charge >= 0.3 is 0 Å². The van der Waals surface area contributed by atoms with E-state index in [4.69, 9.17) is 0 Å². The van der Waals surface area contributed by atoms with Crippen molar-refractivity contribution in [3.05, 3.63) is 52.1 Å². The molecule has 174 valence electrons. The third kappa shape index (κ3) is 4.44. The molecule has 1 unspecified atom stereocenters. The molecule has 4 heterocycles. The summed E-state index contributed by atoms with van der Waals surface area (Å²) in [5.74, 6) is -0.0962. The minimum Gasteiger partial charge on any atom is -0.339 e. The highest BCUT2D eigenvalue weighted by molar-refractivity contribution is 7.91. The van der Waals surface area contributed by atoms with Crippen LogP contribution in [-0.2, 0) is 21.2 Å². The van der Waals surface area contributed by atoms with E-state index in [2.05, 4.69) is 9.88 Å². The van der Waals surface area contributed by atoms with Gasteiger partial charge < -0.3 is 4.90 Å². The molecule has 0 N–H and O–H groups in total. The smallest absolute Gasteiger partial charge is 0.263 e. The molecule has 0 saturated carbocycles. The molecule has 1 atom stereocenters. The van der Waals surface area contributed by atoms with Crippen LogP contribution >= 0.6 is 11.3 Å². The number of amides is 1. The molecule has 2 aliphatic rings. The van der Waals surface area contributed by atoms with Crippen LogP contribution in [0.1, 0.15) is 6.42 Å². The highest BCUT2D eigenvalue weighted by atomic mass is 32.2. The number of aromatic nitrogens is 2. The number of halogens is 1. The van der Waals surface area contributed by atoms with Crippen LogP contribution in [-0.4, -0.2) is 77.4 Å². The molecular formula is C22H23FN4O4S2. The number of carbonyl (C=O) groups is 1. The third-order valence-electron chi connectivity index (χ3n) is 6.41. The molecule has 8 nitrogen and oxygen atoms in total. The summed E-state index contributed by atoms with van der Waals surface area (Å²) < 4.78 is 38.1.